The second-order valence-electron chi connectivity index (χ2n) is 7.67. The van der Waals surface area contributed by atoms with Gasteiger partial charge in [-0.3, -0.25) is 9.59 Å². The van der Waals surface area contributed by atoms with Gasteiger partial charge in [-0.05, 0) is 25.0 Å². The molecule has 34 heavy (non-hydrogen) atoms. The lowest BCUT2D eigenvalue weighted by Crippen LogP contribution is -2.30. The highest BCUT2D eigenvalue weighted by atomic mass is 16.5. The lowest BCUT2D eigenvalue weighted by atomic mass is 9.92. The monoisotopic (exact) mass is 451 g/mol. The number of rotatable bonds is 7. The maximum atomic E-state index is 14.0. The Balaban J connectivity index is 2.19. The second-order valence-corrected chi connectivity index (χ2v) is 7.67. The topological polar surface area (TPSA) is 65.4 Å². The van der Waals surface area contributed by atoms with Crippen molar-refractivity contribution in [2.75, 3.05) is 6.61 Å². The molecule has 3 aromatic carbocycles. The number of nitrogens with zero attached hydrogens (tertiary/aromatic N) is 1. The van der Waals surface area contributed by atoms with Gasteiger partial charge < -0.3 is 9.30 Å². The first-order chi connectivity index (χ1) is 16.6. The summed E-state index contributed by atoms with van der Waals surface area (Å²) in [7, 11) is 0. The fourth-order valence-corrected chi connectivity index (χ4v) is 4.17. The molecule has 0 unspecified atom stereocenters. The maximum absolute atomic E-state index is 14.0. The molecular weight excluding hydrogens is 426 g/mol. The second kappa shape index (κ2) is 10.1. The maximum Gasteiger partial charge on any atom is 0.344 e. The van der Waals surface area contributed by atoms with Gasteiger partial charge in [-0.2, -0.15) is 0 Å². The first-order valence-corrected chi connectivity index (χ1v) is 11.3. The highest BCUT2D eigenvalue weighted by Crippen LogP contribution is 2.32. The van der Waals surface area contributed by atoms with E-state index in [0.29, 0.717) is 34.6 Å². The molecule has 0 saturated carbocycles. The van der Waals surface area contributed by atoms with Gasteiger partial charge in [-0.15, -0.1) is 0 Å². The van der Waals surface area contributed by atoms with Gasteiger partial charge in [0.1, 0.15) is 5.56 Å². The van der Waals surface area contributed by atoms with Crippen molar-refractivity contribution in [3.8, 4) is 22.5 Å². The first-order valence-electron chi connectivity index (χ1n) is 11.3. The van der Waals surface area contributed by atoms with Crippen LogP contribution in [-0.2, 0) is 11.3 Å². The number of ether oxygens (including phenoxy) is 1. The Morgan fingerprint density at radius 1 is 0.706 bits per heavy atom. The summed E-state index contributed by atoms with van der Waals surface area (Å²) in [5.41, 5.74) is 1.91. The average molecular weight is 452 g/mol. The van der Waals surface area contributed by atoms with E-state index in [0.717, 1.165) is 0 Å². The van der Waals surface area contributed by atoms with Gasteiger partial charge in [0.15, 0.2) is 5.78 Å². The van der Waals surface area contributed by atoms with E-state index >= 15 is 0 Å². The fourth-order valence-electron chi connectivity index (χ4n) is 4.17. The van der Waals surface area contributed by atoms with Gasteiger partial charge in [0.2, 0.25) is 5.43 Å². The number of pyridine rings is 1. The molecule has 0 atom stereocenters. The molecule has 0 N–H and O–H groups in total. The summed E-state index contributed by atoms with van der Waals surface area (Å²) in [6.45, 7) is 4.15. The molecule has 0 aliphatic carbocycles. The number of hydrogen-bond acceptors (Lipinski definition) is 4. The van der Waals surface area contributed by atoms with Crippen LogP contribution in [0.5, 0.6) is 0 Å². The van der Waals surface area contributed by atoms with Crippen LogP contribution in [0.3, 0.4) is 0 Å². The van der Waals surface area contributed by atoms with Crippen molar-refractivity contribution in [1.29, 1.82) is 0 Å². The van der Waals surface area contributed by atoms with Gasteiger partial charge in [0.05, 0.1) is 23.6 Å². The Kier molecular flexibility index (Phi) is 6.83. The van der Waals surface area contributed by atoms with Crippen molar-refractivity contribution in [2.45, 2.75) is 20.4 Å². The van der Waals surface area contributed by atoms with E-state index in [2.05, 4.69) is 0 Å². The minimum absolute atomic E-state index is 0.0398. The molecule has 5 nitrogen and oxygen atoms in total. The largest absolute Gasteiger partial charge is 0.462 e. The van der Waals surface area contributed by atoms with E-state index in [1.54, 1.807) is 31.2 Å². The summed E-state index contributed by atoms with van der Waals surface area (Å²) in [6.07, 6.45) is 0. The number of benzene rings is 3. The van der Waals surface area contributed by atoms with Crippen molar-refractivity contribution in [3.05, 3.63) is 118 Å². The first kappa shape index (κ1) is 22.9. The molecular formula is C29H25NO4. The van der Waals surface area contributed by atoms with Crippen LogP contribution >= 0.6 is 0 Å². The number of carbonyl (C=O) groups excluding carboxylic acids is 2. The smallest absolute Gasteiger partial charge is 0.344 e. The molecule has 0 spiro atoms. The van der Waals surface area contributed by atoms with Crippen LogP contribution in [0.4, 0.5) is 0 Å². The molecule has 4 rings (SSSR count). The summed E-state index contributed by atoms with van der Waals surface area (Å²) in [5.74, 6) is -1.17. The number of ketones is 1. The Bertz CT molecular complexity index is 1370. The minimum Gasteiger partial charge on any atom is -0.462 e. The molecule has 170 valence electrons. The normalized spacial score (nSPS) is 10.6. The standard InChI is InChI=1S/C29H25NO4/c1-3-30-25(20-14-8-5-9-15-20)23(27(31)22-18-12-7-13-19-22)28(32)24(29(33)34-4-2)26(30)21-16-10-6-11-17-21/h5-19H,3-4H2,1-2H3. The Labute approximate surface area is 198 Å². The molecule has 5 heteroatoms. The van der Waals surface area contributed by atoms with E-state index in [-0.39, 0.29) is 17.7 Å². The predicted molar refractivity (Wildman–Crippen MR) is 133 cm³/mol. The number of aromatic nitrogens is 1. The number of carbonyl (C=O) groups is 2. The van der Waals surface area contributed by atoms with Crippen LogP contribution in [0.2, 0.25) is 0 Å². The zero-order chi connectivity index (χ0) is 24.1. The van der Waals surface area contributed by atoms with Gasteiger partial charge >= 0.3 is 5.97 Å². The van der Waals surface area contributed by atoms with Crippen molar-refractivity contribution < 1.29 is 14.3 Å². The van der Waals surface area contributed by atoms with Gasteiger partial charge in [0.25, 0.3) is 0 Å². The van der Waals surface area contributed by atoms with Crippen molar-refractivity contribution in [2.24, 2.45) is 0 Å². The third-order valence-electron chi connectivity index (χ3n) is 5.62. The zero-order valence-electron chi connectivity index (χ0n) is 19.2. The molecule has 0 radical (unpaired) electrons. The van der Waals surface area contributed by atoms with Crippen LogP contribution < -0.4 is 5.43 Å². The quantitative estimate of drug-likeness (QED) is 0.271. The number of esters is 1. The van der Waals surface area contributed by atoms with E-state index < -0.39 is 17.2 Å². The Hall–Kier alpha value is -4.25. The molecule has 1 aromatic heterocycles. The zero-order valence-corrected chi connectivity index (χ0v) is 19.2. The Morgan fingerprint density at radius 2 is 1.18 bits per heavy atom. The lowest BCUT2D eigenvalue weighted by Gasteiger charge is -2.23. The highest BCUT2D eigenvalue weighted by molar-refractivity contribution is 6.14. The van der Waals surface area contributed by atoms with Crippen LogP contribution in [-0.4, -0.2) is 22.9 Å². The molecule has 0 amide bonds. The highest BCUT2D eigenvalue weighted by Gasteiger charge is 2.31. The van der Waals surface area contributed by atoms with Crippen molar-refractivity contribution in [1.82, 2.24) is 4.57 Å². The average Bonchev–Trinajstić information content (AvgIpc) is 2.89. The van der Waals surface area contributed by atoms with Gasteiger partial charge in [-0.1, -0.05) is 91.0 Å². The van der Waals surface area contributed by atoms with Crippen molar-refractivity contribution in [3.63, 3.8) is 0 Å². The van der Waals surface area contributed by atoms with Crippen molar-refractivity contribution >= 4 is 11.8 Å². The third-order valence-corrected chi connectivity index (χ3v) is 5.62. The molecule has 0 saturated heterocycles. The van der Waals surface area contributed by atoms with E-state index in [4.69, 9.17) is 4.74 Å². The van der Waals surface area contributed by atoms with Crippen LogP contribution in [0.25, 0.3) is 22.5 Å². The molecule has 0 aliphatic rings. The molecule has 0 aliphatic heterocycles. The molecule has 0 fully saturated rings. The minimum atomic E-state index is -0.740. The third kappa shape index (κ3) is 4.20. The summed E-state index contributed by atoms with van der Waals surface area (Å²) in [5, 5.41) is 0. The van der Waals surface area contributed by atoms with Gasteiger partial charge in [-0.25, -0.2) is 4.79 Å². The fraction of sp³-hybridized carbons (Fsp3) is 0.138. The predicted octanol–water partition coefficient (Wildman–Crippen LogP) is 5.61. The molecule has 4 aromatic rings. The summed E-state index contributed by atoms with van der Waals surface area (Å²) < 4.78 is 7.16. The van der Waals surface area contributed by atoms with E-state index in [1.165, 1.54) is 0 Å². The van der Waals surface area contributed by atoms with E-state index in [1.807, 2.05) is 78.2 Å². The number of hydrogen-bond donors (Lipinski definition) is 0. The molecule has 0 bridgehead atoms. The SMILES string of the molecule is CCOC(=O)c1c(-c2ccccc2)n(CC)c(-c2ccccc2)c(C(=O)c2ccccc2)c1=O. The van der Waals surface area contributed by atoms with E-state index in [9.17, 15) is 14.4 Å². The summed E-state index contributed by atoms with van der Waals surface area (Å²) >= 11 is 0. The summed E-state index contributed by atoms with van der Waals surface area (Å²) in [6, 6.07) is 27.2. The lowest BCUT2D eigenvalue weighted by molar-refractivity contribution is 0.0525. The van der Waals surface area contributed by atoms with Crippen LogP contribution in [0, 0.1) is 0 Å². The Morgan fingerprint density at radius 3 is 1.65 bits per heavy atom. The van der Waals surface area contributed by atoms with Crippen LogP contribution in [0.1, 0.15) is 40.1 Å². The van der Waals surface area contributed by atoms with Gasteiger partial charge in [0, 0.05) is 12.1 Å². The summed E-state index contributed by atoms with van der Waals surface area (Å²) in [4.78, 5) is 40.9. The van der Waals surface area contributed by atoms with Crippen LogP contribution in [0.15, 0.2) is 95.8 Å². The molecule has 1 heterocycles.